The summed E-state index contributed by atoms with van der Waals surface area (Å²) in [4.78, 5) is 31.8. The predicted octanol–water partition coefficient (Wildman–Crippen LogP) is 19.9. The van der Waals surface area contributed by atoms with E-state index in [0.717, 1.165) is 98.8 Å². The van der Waals surface area contributed by atoms with Crippen molar-refractivity contribution in [3.63, 3.8) is 0 Å². The molecule has 30 nitrogen and oxygen atoms in total. The van der Waals surface area contributed by atoms with Gasteiger partial charge in [-0.3, -0.25) is 14.0 Å². The number of ether oxygens (including phenoxy) is 3. The first-order valence-corrected chi connectivity index (χ1v) is 50.5. The molecule has 4 aliphatic rings. The molecule has 13 rings (SSSR count). The number of aromatic nitrogens is 12. The number of hydrogen-bond donors (Lipinski definition) is 7. The fraction of sp³-hybridized carbons (Fsp3) is 0.571. The number of benzene rings is 3. The van der Waals surface area contributed by atoms with E-state index in [1.807, 2.05) is 41.5 Å². The second kappa shape index (κ2) is 42.9. The summed E-state index contributed by atoms with van der Waals surface area (Å²) in [5, 5.41) is 34.7. The minimum atomic E-state index is -3.64. The van der Waals surface area contributed by atoms with E-state index < -0.39 is 40.0 Å². The first kappa shape index (κ1) is 98.9. The van der Waals surface area contributed by atoms with Crippen LogP contribution in [0.15, 0.2) is 88.7 Å². The number of aryl methyl sites for hydroxylation is 6. The zero-order valence-electron chi connectivity index (χ0n) is 77.7. The number of nitrogens with zero attached hydrogens (tertiary/aromatic N) is 14. The average Bonchev–Trinajstić information content (AvgIpc) is 1.75. The van der Waals surface area contributed by atoms with Gasteiger partial charge in [-0.15, -0.1) is 0 Å². The van der Waals surface area contributed by atoms with Crippen LogP contribution in [-0.2, 0) is 50.7 Å². The SMILES string of the molecule is CCN(CC)C1CCC(c2cc(OC(C)C)c(Nc3ncc(Cl)c(Nc4cn(C)nc4S(=O)(=O)C(C)C)n3)cc2C)CC1.Cc1cc(Nc2ncc(Cl)c(Nc3cn(C)nc3S(=O)(=O)C(C)C)n2)c(OC(C)C)cc1C1CCC(N(C)C)CC1.Cc1cc(Nc2ncc(Cl)c(Nc3cn(C)nc3S(=O)(=O)CC(C)C)n2)c(OC2CC2)cc1C1CCC(NC(C)C)CC1. The highest BCUT2D eigenvalue weighted by Gasteiger charge is 2.35. The number of hydrogen-bond acceptors (Lipinski definition) is 27. The van der Waals surface area contributed by atoms with Crippen LogP contribution in [0.25, 0.3) is 0 Å². The van der Waals surface area contributed by atoms with Gasteiger partial charge in [-0.1, -0.05) is 76.3 Å². The summed E-state index contributed by atoms with van der Waals surface area (Å²) in [6.07, 6.45) is 25.5. The summed E-state index contributed by atoms with van der Waals surface area (Å²) in [6, 6.07) is 15.2. The second-order valence-corrected chi connectivity index (χ2v) is 44.2. The Morgan fingerprint density at radius 1 is 0.441 bits per heavy atom. The molecule has 694 valence electrons. The van der Waals surface area contributed by atoms with E-state index in [1.54, 1.807) is 67.4 Å². The lowest BCUT2D eigenvalue weighted by Gasteiger charge is -2.36. The van der Waals surface area contributed by atoms with E-state index in [9.17, 15) is 25.3 Å². The van der Waals surface area contributed by atoms with Crippen LogP contribution in [0.5, 0.6) is 17.2 Å². The highest BCUT2D eigenvalue weighted by atomic mass is 35.5. The van der Waals surface area contributed by atoms with E-state index in [4.69, 9.17) is 49.0 Å². The molecule has 9 aromatic rings. The molecule has 6 aromatic heterocycles. The van der Waals surface area contributed by atoms with Gasteiger partial charge in [-0.25, -0.2) is 40.2 Å². The van der Waals surface area contributed by atoms with Crippen molar-refractivity contribution < 1.29 is 39.5 Å². The highest BCUT2D eigenvalue weighted by molar-refractivity contribution is 7.92. The monoisotopic (exact) mass is 1860 g/mol. The zero-order chi connectivity index (χ0) is 92.4. The molecule has 4 fully saturated rings. The first-order valence-electron chi connectivity index (χ1n) is 44.6. The minimum absolute atomic E-state index is 0.0155. The molecule has 0 bridgehead atoms. The lowest BCUT2D eigenvalue weighted by Crippen LogP contribution is -2.37. The standard InChI is InChI=1S/C31H44ClN7O3S.C31H46ClN7O3S.C29H42ClN7O3S/c1-18(2)17-43(40,41)30-27(16-39(6)38-30)35-29-25(32)15-33-31(37-29)36-26-13-20(5)24(14-28(26)42-23-11-12-23)21-7-9-22(10-8-21)34-19(3)4;1-9-39(10-2)23-13-11-22(12-14-23)24-16-28(42-19(3)4)26(15-21(24)7)35-31-33-17-25(32)29(36-31)34-27-18-38(8)37-30(27)43(40,41)20(5)6;1-17(2)40-26-14-22(20-9-11-21(12-10-20)36(6)7)19(5)13-24(26)33-29-31-15-23(30)27(34-29)32-25-16-37(8)35-28(25)41(38,39)18(3)4/h13-16,18-19,21-23,34H,7-12,17H2,1-6H3,(H2,33,35,36,37);15-20,22-23H,9-14H2,1-8H3,(H2,33,34,35,36);13-18,20-21H,9-12H2,1-8H3,(H2,31,32,33,34). The predicted molar refractivity (Wildman–Crippen MR) is 511 cm³/mol. The quantitative estimate of drug-likeness (QED) is 0.0197. The van der Waals surface area contributed by atoms with Crippen molar-refractivity contribution in [1.29, 1.82) is 0 Å². The Hall–Kier alpha value is -8.67. The van der Waals surface area contributed by atoms with Gasteiger partial charge in [0.15, 0.2) is 27.3 Å². The maximum absolute atomic E-state index is 13.0. The summed E-state index contributed by atoms with van der Waals surface area (Å²) in [6.45, 7) is 35.8. The molecule has 127 heavy (non-hydrogen) atoms. The number of rotatable bonds is 34. The molecule has 6 heterocycles. The van der Waals surface area contributed by atoms with Gasteiger partial charge in [0.05, 0.1) is 87.3 Å². The lowest BCUT2D eigenvalue weighted by atomic mass is 9.79. The third kappa shape index (κ3) is 25.7. The van der Waals surface area contributed by atoms with Crippen LogP contribution in [0.1, 0.15) is 238 Å². The van der Waals surface area contributed by atoms with Crippen molar-refractivity contribution >= 4 is 134 Å². The molecule has 0 spiro atoms. The number of anilines is 12. The van der Waals surface area contributed by atoms with Gasteiger partial charge >= 0.3 is 0 Å². The van der Waals surface area contributed by atoms with Gasteiger partial charge in [0.1, 0.15) is 32.3 Å². The average molecular weight is 1870 g/mol. The van der Waals surface area contributed by atoms with E-state index in [2.05, 4.69) is 191 Å². The molecular weight excluding hydrogens is 1730 g/mol. The third-order valence-electron chi connectivity index (χ3n) is 23.5. The van der Waals surface area contributed by atoms with Crippen molar-refractivity contribution in [2.75, 3.05) is 64.8 Å². The summed E-state index contributed by atoms with van der Waals surface area (Å²) in [7, 11) is -1.57. The van der Waals surface area contributed by atoms with Crippen LogP contribution in [0, 0.1) is 26.7 Å². The molecule has 7 N–H and O–H groups in total. The first-order chi connectivity index (χ1) is 60.0. The Bertz CT molecular complexity index is 5620. The van der Waals surface area contributed by atoms with E-state index in [-0.39, 0.29) is 77.6 Å². The van der Waals surface area contributed by atoms with Crippen molar-refractivity contribution in [3.05, 3.63) is 122 Å². The lowest BCUT2D eigenvalue weighted by molar-refractivity contribution is 0.163. The van der Waals surface area contributed by atoms with Gasteiger partial charge in [0.25, 0.3) is 0 Å². The highest BCUT2D eigenvalue weighted by Crippen LogP contribution is 2.46. The van der Waals surface area contributed by atoms with Crippen LogP contribution in [0.4, 0.5) is 69.4 Å². The van der Waals surface area contributed by atoms with Crippen LogP contribution in [0.2, 0.25) is 15.1 Å². The Kier molecular flexibility index (Phi) is 33.4. The van der Waals surface area contributed by atoms with E-state index in [1.165, 1.54) is 105 Å². The van der Waals surface area contributed by atoms with Gasteiger partial charge in [0, 0.05) is 63.9 Å². The number of halogens is 3. The van der Waals surface area contributed by atoms with Crippen LogP contribution >= 0.6 is 34.8 Å². The molecule has 0 atom stereocenters. The smallest absolute Gasteiger partial charge is 0.229 e. The normalized spacial score (nSPS) is 18.2. The molecule has 0 aliphatic heterocycles. The fourth-order valence-electron chi connectivity index (χ4n) is 16.9. The molecule has 0 amide bonds. The van der Waals surface area contributed by atoms with Crippen LogP contribution in [-0.4, -0.2) is 180 Å². The van der Waals surface area contributed by atoms with Crippen LogP contribution < -0.4 is 51.4 Å². The Morgan fingerprint density at radius 3 is 1.11 bits per heavy atom. The molecule has 0 radical (unpaired) electrons. The molecule has 3 aromatic carbocycles. The molecule has 0 saturated heterocycles. The minimum Gasteiger partial charge on any atom is -0.489 e. The number of sulfone groups is 3. The molecule has 0 unspecified atom stereocenters. The van der Waals surface area contributed by atoms with E-state index in [0.29, 0.717) is 76.8 Å². The summed E-state index contributed by atoms with van der Waals surface area (Å²) in [5.41, 5.74) is 10.8. The topological polar surface area (TPSA) is 352 Å². The Labute approximate surface area is 766 Å². The maximum Gasteiger partial charge on any atom is 0.229 e. The fourth-order valence-corrected chi connectivity index (χ4v) is 21.2. The Balaban J connectivity index is 0.000000185. The molecule has 36 heteroatoms. The molecule has 4 aliphatic carbocycles. The van der Waals surface area contributed by atoms with Gasteiger partial charge in [-0.05, 0) is 287 Å². The Morgan fingerprint density at radius 2 is 0.780 bits per heavy atom. The van der Waals surface area contributed by atoms with Crippen LogP contribution in [0.3, 0.4) is 0 Å². The zero-order valence-corrected chi connectivity index (χ0v) is 82.5. The van der Waals surface area contributed by atoms with Crippen molar-refractivity contribution in [3.8, 4) is 17.2 Å². The number of nitrogens with one attached hydrogen (secondary N) is 7. The molecule has 4 saturated carbocycles. The summed E-state index contributed by atoms with van der Waals surface area (Å²) < 4.78 is 101. The van der Waals surface area contributed by atoms with Crippen molar-refractivity contribution in [1.82, 2.24) is 74.4 Å². The third-order valence-corrected chi connectivity index (χ3v) is 30.4. The van der Waals surface area contributed by atoms with Gasteiger partial charge < -0.3 is 61.2 Å². The van der Waals surface area contributed by atoms with Gasteiger partial charge in [-0.2, -0.15) is 30.2 Å². The van der Waals surface area contributed by atoms with Crippen molar-refractivity contribution in [2.45, 2.75) is 293 Å². The summed E-state index contributed by atoms with van der Waals surface area (Å²) in [5.74, 6) is 5.41. The largest absolute Gasteiger partial charge is 0.489 e. The van der Waals surface area contributed by atoms with Gasteiger partial charge in [0.2, 0.25) is 52.6 Å². The van der Waals surface area contributed by atoms with E-state index >= 15 is 0 Å². The molecular formula is C91H132Cl3N21O9S3. The van der Waals surface area contributed by atoms with Crippen molar-refractivity contribution in [2.24, 2.45) is 27.1 Å². The maximum atomic E-state index is 13.0. The second-order valence-electron chi connectivity index (χ2n) is 36.2. The summed E-state index contributed by atoms with van der Waals surface area (Å²) >= 11 is 19.3.